The molecule has 1 atom stereocenters. The van der Waals surface area contributed by atoms with Crippen molar-refractivity contribution < 1.29 is 4.79 Å². The zero-order valence-electron chi connectivity index (χ0n) is 13.7. The molecule has 1 amide bonds. The lowest BCUT2D eigenvalue weighted by molar-refractivity contribution is -0.133. The lowest BCUT2D eigenvalue weighted by atomic mass is 9.96. The second kappa shape index (κ2) is 9.56. The van der Waals surface area contributed by atoms with Crippen molar-refractivity contribution in [3.63, 3.8) is 0 Å². The van der Waals surface area contributed by atoms with Crippen LogP contribution in [0.4, 0.5) is 0 Å². The first-order valence-electron chi connectivity index (χ1n) is 8.11. The van der Waals surface area contributed by atoms with E-state index in [0.29, 0.717) is 25.4 Å². The quantitative estimate of drug-likeness (QED) is 0.755. The first kappa shape index (κ1) is 17.7. The number of carbonyl (C=O) groups excluding carboxylic acids is 1. The van der Waals surface area contributed by atoms with Crippen molar-refractivity contribution in [1.29, 1.82) is 0 Å². The molecule has 0 bridgehead atoms. The van der Waals surface area contributed by atoms with Crippen molar-refractivity contribution in [2.75, 3.05) is 6.54 Å². The maximum absolute atomic E-state index is 12.5. The van der Waals surface area contributed by atoms with E-state index in [1.165, 1.54) is 5.56 Å². The largest absolute Gasteiger partial charge is 0.336 e. The fourth-order valence-electron chi connectivity index (χ4n) is 2.60. The maximum atomic E-state index is 12.5. The highest BCUT2D eigenvalue weighted by Crippen LogP contribution is 2.17. The molecule has 2 N–H and O–H groups in total. The van der Waals surface area contributed by atoms with Gasteiger partial charge in [0.05, 0.1) is 0 Å². The van der Waals surface area contributed by atoms with Gasteiger partial charge >= 0.3 is 0 Å². The minimum atomic E-state index is 0.229. The molecule has 0 aliphatic rings. The van der Waals surface area contributed by atoms with Crippen LogP contribution in [0.1, 0.15) is 52.0 Å². The van der Waals surface area contributed by atoms with Crippen LogP contribution >= 0.6 is 0 Å². The van der Waals surface area contributed by atoms with E-state index in [2.05, 4.69) is 32.9 Å². The predicted octanol–water partition coefficient (Wildman–Crippen LogP) is 3.58. The highest BCUT2D eigenvalue weighted by Gasteiger charge is 2.18. The molecule has 1 unspecified atom stereocenters. The van der Waals surface area contributed by atoms with Crippen LogP contribution in [0.15, 0.2) is 30.3 Å². The van der Waals surface area contributed by atoms with Crippen LogP contribution in [0.5, 0.6) is 0 Å². The van der Waals surface area contributed by atoms with Gasteiger partial charge in [0.2, 0.25) is 5.91 Å². The Morgan fingerprint density at radius 3 is 2.38 bits per heavy atom. The Balaban J connectivity index is 2.57. The Hall–Kier alpha value is -1.35. The van der Waals surface area contributed by atoms with Gasteiger partial charge in [-0.1, -0.05) is 43.7 Å². The van der Waals surface area contributed by atoms with E-state index in [-0.39, 0.29) is 11.9 Å². The molecule has 21 heavy (non-hydrogen) atoms. The summed E-state index contributed by atoms with van der Waals surface area (Å²) in [5, 5.41) is 0. The molecule has 0 aliphatic heterocycles. The highest BCUT2D eigenvalue weighted by molar-refractivity contribution is 5.76. The third kappa shape index (κ3) is 6.30. The molecular formula is C18H30N2O. The minimum absolute atomic E-state index is 0.229. The van der Waals surface area contributed by atoms with Crippen molar-refractivity contribution in [3.8, 4) is 0 Å². The van der Waals surface area contributed by atoms with Crippen molar-refractivity contribution in [2.24, 2.45) is 11.7 Å². The summed E-state index contributed by atoms with van der Waals surface area (Å²) >= 11 is 0. The van der Waals surface area contributed by atoms with E-state index < -0.39 is 0 Å². The van der Waals surface area contributed by atoms with Crippen molar-refractivity contribution >= 4 is 5.91 Å². The van der Waals surface area contributed by atoms with Gasteiger partial charge in [-0.25, -0.2) is 0 Å². The summed E-state index contributed by atoms with van der Waals surface area (Å²) in [6.45, 7) is 7.75. The van der Waals surface area contributed by atoms with Crippen LogP contribution in [0.2, 0.25) is 0 Å². The van der Waals surface area contributed by atoms with E-state index in [1.807, 2.05) is 23.1 Å². The standard InChI is InChI=1S/C18H30N2O/c1-4-16(12-13-19)10-11-18(21)20(15(2)3)14-17-8-6-5-7-9-17/h5-9,15-16H,4,10-14,19H2,1-3H3. The summed E-state index contributed by atoms with van der Waals surface area (Å²) in [5.74, 6) is 0.828. The van der Waals surface area contributed by atoms with Gasteiger partial charge in [-0.05, 0) is 44.7 Å². The monoisotopic (exact) mass is 290 g/mol. The lowest BCUT2D eigenvalue weighted by Gasteiger charge is -2.27. The number of amides is 1. The van der Waals surface area contributed by atoms with Crippen LogP contribution in [-0.4, -0.2) is 23.4 Å². The fraction of sp³-hybridized carbons (Fsp3) is 0.611. The van der Waals surface area contributed by atoms with Crippen LogP contribution < -0.4 is 5.73 Å². The zero-order chi connectivity index (χ0) is 15.7. The zero-order valence-corrected chi connectivity index (χ0v) is 13.7. The molecule has 0 radical (unpaired) electrons. The van der Waals surface area contributed by atoms with Crippen molar-refractivity contribution in [2.45, 2.75) is 59.0 Å². The van der Waals surface area contributed by atoms with Crippen molar-refractivity contribution in [3.05, 3.63) is 35.9 Å². The number of hydrogen-bond donors (Lipinski definition) is 1. The van der Waals surface area contributed by atoms with Crippen molar-refractivity contribution in [1.82, 2.24) is 4.90 Å². The van der Waals surface area contributed by atoms with E-state index in [0.717, 1.165) is 19.3 Å². The van der Waals surface area contributed by atoms with Crippen LogP contribution in [0.3, 0.4) is 0 Å². The van der Waals surface area contributed by atoms with Gasteiger partial charge in [0, 0.05) is 19.0 Å². The third-order valence-electron chi connectivity index (χ3n) is 4.06. The Morgan fingerprint density at radius 1 is 1.19 bits per heavy atom. The Bertz CT molecular complexity index is 403. The molecule has 3 nitrogen and oxygen atoms in total. The van der Waals surface area contributed by atoms with Gasteiger partial charge in [-0.3, -0.25) is 4.79 Å². The first-order chi connectivity index (χ1) is 10.1. The lowest BCUT2D eigenvalue weighted by Crippen LogP contribution is -2.36. The molecule has 0 aromatic heterocycles. The predicted molar refractivity (Wildman–Crippen MR) is 88.8 cm³/mol. The molecule has 0 saturated heterocycles. The first-order valence-corrected chi connectivity index (χ1v) is 8.11. The summed E-state index contributed by atoms with van der Waals surface area (Å²) in [4.78, 5) is 14.5. The molecule has 0 aliphatic carbocycles. The Kier molecular flexibility index (Phi) is 8.06. The maximum Gasteiger partial charge on any atom is 0.223 e. The summed E-state index contributed by atoms with van der Waals surface area (Å²) in [5.41, 5.74) is 6.81. The van der Waals surface area contributed by atoms with Gasteiger partial charge in [-0.2, -0.15) is 0 Å². The average Bonchev–Trinajstić information content (AvgIpc) is 2.49. The number of carbonyl (C=O) groups is 1. The van der Waals surface area contributed by atoms with Gasteiger partial charge in [-0.15, -0.1) is 0 Å². The van der Waals surface area contributed by atoms with E-state index in [9.17, 15) is 4.79 Å². The molecule has 3 heteroatoms. The molecule has 0 heterocycles. The molecule has 0 fully saturated rings. The minimum Gasteiger partial charge on any atom is -0.336 e. The second-order valence-electron chi connectivity index (χ2n) is 5.99. The topological polar surface area (TPSA) is 46.3 Å². The molecule has 0 spiro atoms. The number of benzene rings is 1. The smallest absolute Gasteiger partial charge is 0.223 e. The normalized spacial score (nSPS) is 12.4. The van der Waals surface area contributed by atoms with Crippen LogP contribution in [0.25, 0.3) is 0 Å². The second-order valence-corrected chi connectivity index (χ2v) is 5.99. The number of rotatable bonds is 9. The summed E-state index contributed by atoms with van der Waals surface area (Å²) in [6.07, 6.45) is 3.70. The molecule has 1 aromatic rings. The average molecular weight is 290 g/mol. The van der Waals surface area contributed by atoms with Crippen LogP contribution in [-0.2, 0) is 11.3 Å². The Morgan fingerprint density at radius 2 is 1.86 bits per heavy atom. The Labute approximate surface area is 129 Å². The van der Waals surface area contributed by atoms with Gasteiger partial charge in [0.25, 0.3) is 0 Å². The molecular weight excluding hydrogens is 260 g/mol. The van der Waals surface area contributed by atoms with E-state index in [1.54, 1.807) is 0 Å². The number of nitrogens with two attached hydrogens (primary N) is 1. The molecule has 1 aromatic carbocycles. The third-order valence-corrected chi connectivity index (χ3v) is 4.06. The van der Waals surface area contributed by atoms with Gasteiger partial charge in [0.1, 0.15) is 0 Å². The van der Waals surface area contributed by atoms with Crippen LogP contribution in [0, 0.1) is 5.92 Å². The highest BCUT2D eigenvalue weighted by atomic mass is 16.2. The van der Waals surface area contributed by atoms with E-state index in [4.69, 9.17) is 5.73 Å². The summed E-state index contributed by atoms with van der Waals surface area (Å²) in [6, 6.07) is 10.4. The van der Waals surface area contributed by atoms with Gasteiger partial charge in [0.15, 0.2) is 0 Å². The molecule has 118 valence electrons. The summed E-state index contributed by atoms with van der Waals surface area (Å²) < 4.78 is 0. The SMILES string of the molecule is CCC(CCN)CCC(=O)N(Cc1ccccc1)C(C)C. The molecule has 1 rings (SSSR count). The fourth-order valence-corrected chi connectivity index (χ4v) is 2.60. The number of hydrogen-bond acceptors (Lipinski definition) is 2. The number of nitrogens with zero attached hydrogens (tertiary/aromatic N) is 1. The van der Waals surface area contributed by atoms with Gasteiger partial charge < -0.3 is 10.6 Å². The van der Waals surface area contributed by atoms with E-state index >= 15 is 0 Å². The summed E-state index contributed by atoms with van der Waals surface area (Å²) in [7, 11) is 0. The molecule has 0 saturated carbocycles.